The van der Waals surface area contributed by atoms with E-state index in [1.54, 1.807) is 0 Å². The van der Waals surface area contributed by atoms with E-state index in [2.05, 4.69) is 31.3 Å². The SMILES string of the molecule is CC(C)NCCc1ccc(C(C)C(=O)OCc2ccccc2)cc1. The van der Waals surface area contributed by atoms with Gasteiger partial charge >= 0.3 is 5.97 Å². The summed E-state index contributed by atoms with van der Waals surface area (Å²) >= 11 is 0. The largest absolute Gasteiger partial charge is 0.460 e. The van der Waals surface area contributed by atoms with Crippen molar-refractivity contribution in [3.05, 3.63) is 71.3 Å². The second kappa shape index (κ2) is 9.24. The highest BCUT2D eigenvalue weighted by molar-refractivity contribution is 5.77. The molecule has 1 N–H and O–H groups in total. The number of carbonyl (C=O) groups excluding carboxylic acids is 1. The molecule has 0 aliphatic carbocycles. The molecule has 0 spiro atoms. The summed E-state index contributed by atoms with van der Waals surface area (Å²) in [5.74, 6) is -0.440. The Balaban J connectivity index is 1.84. The lowest BCUT2D eigenvalue weighted by atomic mass is 9.99. The van der Waals surface area contributed by atoms with Gasteiger partial charge in [-0.1, -0.05) is 68.4 Å². The molecule has 0 aliphatic rings. The molecule has 1 atom stereocenters. The summed E-state index contributed by atoms with van der Waals surface area (Å²) in [6.45, 7) is 7.47. The molecule has 0 heterocycles. The van der Waals surface area contributed by atoms with E-state index in [0.717, 1.165) is 24.1 Å². The molecule has 3 heteroatoms. The van der Waals surface area contributed by atoms with E-state index >= 15 is 0 Å². The van der Waals surface area contributed by atoms with Gasteiger partial charge in [0.05, 0.1) is 5.92 Å². The van der Waals surface area contributed by atoms with Crippen molar-refractivity contribution in [2.45, 2.75) is 45.8 Å². The van der Waals surface area contributed by atoms with Crippen LogP contribution in [0.5, 0.6) is 0 Å². The van der Waals surface area contributed by atoms with Gasteiger partial charge in [0.1, 0.15) is 6.61 Å². The molecule has 1 unspecified atom stereocenters. The Morgan fingerprint density at radius 3 is 2.25 bits per heavy atom. The Morgan fingerprint density at radius 1 is 0.958 bits per heavy atom. The van der Waals surface area contributed by atoms with Gasteiger partial charge in [-0.2, -0.15) is 0 Å². The van der Waals surface area contributed by atoms with Crippen LogP contribution in [0, 0.1) is 0 Å². The number of hydrogen-bond donors (Lipinski definition) is 1. The lowest BCUT2D eigenvalue weighted by molar-refractivity contribution is -0.146. The standard InChI is InChI=1S/C21H27NO2/c1-16(2)22-14-13-18-9-11-20(12-10-18)17(3)21(23)24-15-19-7-5-4-6-8-19/h4-12,16-17,22H,13-15H2,1-3H3. The van der Waals surface area contributed by atoms with Crippen LogP contribution in [-0.2, 0) is 22.6 Å². The Bertz CT molecular complexity index is 620. The van der Waals surface area contributed by atoms with Crippen LogP contribution in [0.2, 0.25) is 0 Å². The summed E-state index contributed by atoms with van der Waals surface area (Å²) in [7, 11) is 0. The average molecular weight is 325 g/mol. The fourth-order valence-electron chi connectivity index (χ4n) is 2.47. The van der Waals surface area contributed by atoms with Gasteiger partial charge < -0.3 is 10.1 Å². The number of ether oxygens (including phenoxy) is 1. The van der Waals surface area contributed by atoms with Crippen molar-refractivity contribution >= 4 is 5.97 Å². The fraction of sp³-hybridized carbons (Fsp3) is 0.381. The van der Waals surface area contributed by atoms with Gasteiger partial charge in [0.15, 0.2) is 0 Å². The summed E-state index contributed by atoms with van der Waals surface area (Å²) in [6.07, 6.45) is 0.991. The lowest BCUT2D eigenvalue weighted by Crippen LogP contribution is -2.24. The number of nitrogens with one attached hydrogen (secondary N) is 1. The molecule has 0 saturated carbocycles. The molecule has 0 aromatic heterocycles. The third-order valence-electron chi connectivity index (χ3n) is 4.02. The van der Waals surface area contributed by atoms with Crippen LogP contribution >= 0.6 is 0 Å². The first-order valence-corrected chi connectivity index (χ1v) is 8.59. The van der Waals surface area contributed by atoms with Crippen LogP contribution in [0.3, 0.4) is 0 Å². The molecule has 0 fully saturated rings. The highest BCUT2D eigenvalue weighted by Gasteiger charge is 2.16. The smallest absolute Gasteiger partial charge is 0.313 e. The van der Waals surface area contributed by atoms with E-state index < -0.39 is 0 Å². The first-order valence-electron chi connectivity index (χ1n) is 8.59. The minimum absolute atomic E-state index is 0.187. The molecule has 0 saturated heterocycles. The van der Waals surface area contributed by atoms with Crippen LogP contribution in [0.25, 0.3) is 0 Å². The summed E-state index contributed by atoms with van der Waals surface area (Å²) in [5.41, 5.74) is 3.27. The van der Waals surface area contributed by atoms with Gasteiger partial charge in [-0.15, -0.1) is 0 Å². The Hall–Kier alpha value is -2.13. The van der Waals surface area contributed by atoms with E-state index in [1.807, 2.05) is 49.4 Å². The molecule has 24 heavy (non-hydrogen) atoms. The first-order chi connectivity index (χ1) is 11.6. The quantitative estimate of drug-likeness (QED) is 0.743. The Labute approximate surface area is 145 Å². The topological polar surface area (TPSA) is 38.3 Å². The van der Waals surface area contributed by atoms with E-state index in [4.69, 9.17) is 4.74 Å². The molecule has 0 bridgehead atoms. The number of benzene rings is 2. The minimum atomic E-state index is -0.253. The molecular weight excluding hydrogens is 298 g/mol. The van der Waals surface area contributed by atoms with E-state index in [1.165, 1.54) is 5.56 Å². The maximum absolute atomic E-state index is 12.2. The predicted molar refractivity (Wildman–Crippen MR) is 97.9 cm³/mol. The normalized spacial score (nSPS) is 12.2. The molecule has 128 valence electrons. The Morgan fingerprint density at radius 2 is 1.62 bits per heavy atom. The van der Waals surface area contributed by atoms with Gasteiger partial charge in [-0.05, 0) is 36.6 Å². The maximum atomic E-state index is 12.2. The fourth-order valence-corrected chi connectivity index (χ4v) is 2.47. The van der Waals surface area contributed by atoms with Crippen LogP contribution < -0.4 is 5.32 Å². The Kier molecular flexibility index (Phi) is 7.01. The third-order valence-corrected chi connectivity index (χ3v) is 4.02. The first kappa shape index (κ1) is 18.2. The number of carbonyl (C=O) groups is 1. The molecular formula is C21H27NO2. The summed E-state index contributed by atoms with van der Waals surface area (Å²) < 4.78 is 5.42. The number of esters is 1. The van der Waals surface area contributed by atoms with Crippen molar-refractivity contribution < 1.29 is 9.53 Å². The van der Waals surface area contributed by atoms with Gasteiger partial charge in [-0.25, -0.2) is 0 Å². The lowest BCUT2D eigenvalue weighted by Gasteiger charge is -2.13. The van der Waals surface area contributed by atoms with Crippen LogP contribution in [0.4, 0.5) is 0 Å². The summed E-state index contributed by atoms with van der Waals surface area (Å²) in [5, 5.41) is 3.41. The minimum Gasteiger partial charge on any atom is -0.460 e. The molecule has 2 aromatic carbocycles. The van der Waals surface area contributed by atoms with E-state index in [-0.39, 0.29) is 11.9 Å². The highest BCUT2D eigenvalue weighted by atomic mass is 16.5. The van der Waals surface area contributed by atoms with Crippen molar-refractivity contribution in [2.75, 3.05) is 6.54 Å². The number of rotatable bonds is 8. The average Bonchev–Trinajstić information content (AvgIpc) is 2.60. The number of hydrogen-bond acceptors (Lipinski definition) is 3. The van der Waals surface area contributed by atoms with Gasteiger partial charge in [0.2, 0.25) is 0 Å². The van der Waals surface area contributed by atoms with Crippen molar-refractivity contribution in [1.82, 2.24) is 5.32 Å². The van der Waals surface area contributed by atoms with E-state index in [9.17, 15) is 4.79 Å². The van der Waals surface area contributed by atoms with Crippen molar-refractivity contribution in [1.29, 1.82) is 0 Å². The van der Waals surface area contributed by atoms with Crippen molar-refractivity contribution in [3.8, 4) is 0 Å². The molecule has 3 nitrogen and oxygen atoms in total. The predicted octanol–water partition coefficient (Wildman–Crippen LogP) is 4.07. The molecule has 0 amide bonds. The summed E-state index contributed by atoms with van der Waals surface area (Å²) in [6, 6.07) is 18.5. The molecule has 2 aromatic rings. The zero-order chi connectivity index (χ0) is 17.4. The zero-order valence-corrected chi connectivity index (χ0v) is 14.8. The molecule has 0 aliphatic heterocycles. The highest BCUT2D eigenvalue weighted by Crippen LogP contribution is 2.18. The zero-order valence-electron chi connectivity index (χ0n) is 14.8. The van der Waals surface area contributed by atoms with Gasteiger partial charge in [0.25, 0.3) is 0 Å². The van der Waals surface area contributed by atoms with E-state index in [0.29, 0.717) is 12.6 Å². The van der Waals surface area contributed by atoms with Crippen molar-refractivity contribution in [2.24, 2.45) is 0 Å². The monoisotopic (exact) mass is 325 g/mol. The van der Waals surface area contributed by atoms with Gasteiger partial charge in [0, 0.05) is 6.04 Å². The van der Waals surface area contributed by atoms with Crippen LogP contribution in [-0.4, -0.2) is 18.6 Å². The van der Waals surface area contributed by atoms with Crippen LogP contribution in [0.1, 0.15) is 43.4 Å². The second-order valence-corrected chi connectivity index (χ2v) is 6.42. The van der Waals surface area contributed by atoms with Gasteiger partial charge in [-0.3, -0.25) is 4.79 Å². The molecule has 2 rings (SSSR count). The third kappa shape index (κ3) is 5.82. The second-order valence-electron chi connectivity index (χ2n) is 6.42. The summed E-state index contributed by atoms with van der Waals surface area (Å²) in [4.78, 5) is 12.2. The van der Waals surface area contributed by atoms with Crippen molar-refractivity contribution in [3.63, 3.8) is 0 Å². The maximum Gasteiger partial charge on any atom is 0.313 e. The van der Waals surface area contributed by atoms with Crippen LogP contribution in [0.15, 0.2) is 54.6 Å². The molecule has 0 radical (unpaired) electrons.